The standard InChI is InChI=1S/C21H15F4N5O/c1-10-19(30(20(10)31)13-2-3-16-17(6-13)27-9-26-16)18-14(22)4-11(5-15(18)23)12-7-28-29(8-12)21(24)25/h2-10,19,21H,1H3,(H,26,27)/t10-,19-/m0/s1. The fourth-order valence-corrected chi connectivity index (χ4v) is 4.00. The highest BCUT2D eigenvalue weighted by molar-refractivity contribution is 6.04. The summed E-state index contributed by atoms with van der Waals surface area (Å²) in [5, 5.41) is 3.49. The molecule has 0 radical (unpaired) electrons. The Hall–Kier alpha value is -3.69. The molecule has 3 heterocycles. The maximum atomic E-state index is 15.1. The van der Waals surface area contributed by atoms with Crippen molar-refractivity contribution in [3.05, 3.63) is 66.3 Å². The molecule has 1 aliphatic heterocycles. The molecule has 4 aromatic rings. The normalized spacial score (nSPS) is 18.8. The number of β-lactam (4-membered cyclic amide) rings is 1. The molecular weight excluding hydrogens is 414 g/mol. The summed E-state index contributed by atoms with van der Waals surface area (Å²) in [6.45, 7) is -1.25. The van der Waals surface area contributed by atoms with Gasteiger partial charge in [0.15, 0.2) is 0 Å². The first-order valence-corrected chi connectivity index (χ1v) is 9.43. The Balaban J connectivity index is 1.54. The zero-order valence-electron chi connectivity index (χ0n) is 16.1. The lowest BCUT2D eigenvalue weighted by atomic mass is 9.82. The minimum Gasteiger partial charge on any atom is -0.345 e. The van der Waals surface area contributed by atoms with Crippen LogP contribution in [0.4, 0.5) is 23.2 Å². The molecule has 10 heteroatoms. The van der Waals surface area contributed by atoms with Crippen LogP contribution in [-0.4, -0.2) is 25.7 Å². The number of fused-ring (bicyclic) bond motifs is 1. The van der Waals surface area contributed by atoms with E-state index in [1.807, 2.05) is 0 Å². The number of H-pyrrole nitrogens is 1. The molecule has 0 saturated carbocycles. The van der Waals surface area contributed by atoms with Crippen LogP contribution >= 0.6 is 0 Å². The monoisotopic (exact) mass is 429 g/mol. The van der Waals surface area contributed by atoms with Crippen LogP contribution in [-0.2, 0) is 4.79 Å². The maximum absolute atomic E-state index is 15.1. The second-order valence-electron chi connectivity index (χ2n) is 7.39. The Morgan fingerprint density at radius 3 is 2.52 bits per heavy atom. The van der Waals surface area contributed by atoms with Crippen LogP contribution in [0.25, 0.3) is 22.2 Å². The first-order valence-electron chi connectivity index (χ1n) is 9.43. The Bertz CT molecular complexity index is 1290. The summed E-state index contributed by atoms with van der Waals surface area (Å²) in [7, 11) is 0. The summed E-state index contributed by atoms with van der Waals surface area (Å²) in [5.74, 6) is -2.62. The molecule has 2 atom stereocenters. The predicted molar refractivity (Wildman–Crippen MR) is 104 cm³/mol. The number of anilines is 1. The third kappa shape index (κ3) is 2.97. The van der Waals surface area contributed by atoms with Crippen LogP contribution < -0.4 is 4.90 Å². The fourth-order valence-electron chi connectivity index (χ4n) is 4.00. The van der Waals surface area contributed by atoms with E-state index in [1.54, 1.807) is 25.1 Å². The molecule has 2 aromatic heterocycles. The number of carbonyl (C=O) groups is 1. The number of nitrogens with zero attached hydrogens (tertiary/aromatic N) is 4. The number of aromatic nitrogens is 4. The fraction of sp³-hybridized carbons (Fsp3) is 0.190. The number of halogens is 4. The molecule has 0 spiro atoms. The Morgan fingerprint density at radius 2 is 1.84 bits per heavy atom. The maximum Gasteiger partial charge on any atom is 0.333 e. The topological polar surface area (TPSA) is 66.8 Å². The number of benzene rings is 2. The summed E-state index contributed by atoms with van der Waals surface area (Å²) < 4.78 is 56.0. The van der Waals surface area contributed by atoms with Crippen LogP contribution in [0, 0.1) is 17.6 Å². The van der Waals surface area contributed by atoms with Crippen molar-refractivity contribution in [2.45, 2.75) is 19.5 Å². The average molecular weight is 429 g/mol. The highest BCUT2D eigenvalue weighted by Gasteiger charge is 2.48. The third-order valence-electron chi connectivity index (χ3n) is 5.57. The zero-order valence-corrected chi connectivity index (χ0v) is 16.1. The van der Waals surface area contributed by atoms with E-state index in [0.29, 0.717) is 21.4 Å². The van der Waals surface area contributed by atoms with Gasteiger partial charge in [-0.25, -0.2) is 18.4 Å². The lowest BCUT2D eigenvalue weighted by Crippen LogP contribution is -2.54. The number of rotatable bonds is 4. The number of aromatic amines is 1. The van der Waals surface area contributed by atoms with Gasteiger partial charge in [-0.15, -0.1) is 0 Å². The predicted octanol–water partition coefficient (Wildman–Crippen LogP) is 4.82. The van der Waals surface area contributed by atoms with E-state index in [-0.39, 0.29) is 22.6 Å². The molecule has 1 N–H and O–H groups in total. The van der Waals surface area contributed by atoms with Gasteiger partial charge in [-0.05, 0) is 35.9 Å². The van der Waals surface area contributed by atoms with Gasteiger partial charge in [0.05, 0.1) is 35.5 Å². The molecule has 0 bridgehead atoms. The first-order chi connectivity index (χ1) is 14.8. The second kappa shape index (κ2) is 6.93. The number of hydrogen-bond acceptors (Lipinski definition) is 3. The van der Waals surface area contributed by atoms with Gasteiger partial charge in [0.1, 0.15) is 11.6 Å². The molecule has 1 aliphatic rings. The van der Waals surface area contributed by atoms with Gasteiger partial charge in [-0.2, -0.15) is 13.9 Å². The highest BCUT2D eigenvalue weighted by Crippen LogP contribution is 2.45. The first kappa shape index (κ1) is 19.3. The second-order valence-corrected chi connectivity index (χ2v) is 7.39. The van der Waals surface area contributed by atoms with Gasteiger partial charge in [-0.3, -0.25) is 4.79 Å². The van der Waals surface area contributed by atoms with Crippen LogP contribution in [0.2, 0.25) is 0 Å². The molecular formula is C21H15F4N5O. The van der Waals surface area contributed by atoms with Gasteiger partial charge in [-0.1, -0.05) is 6.92 Å². The van der Waals surface area contributed by atoms with E-state index >= 15 is 8.78 Å². The molecule has 1 amide bonds. The SMILES string of the molecule is C[C@@H]1C(=O)N(c2ccc3nc[nH]c3c2)[C@@H]1c1c(F)cc(-c2cnn(C(F)F)c2)cc1F. The Morgan fingerprint density at radius 1 is 1.10 bits per heavy atom. The highest BCUT2D eigenvalue weighted by atomic mass is 19.3. The largest absolute Gasteiger partial charge is 0.345 e. The van der Waals surface area contributed by atoms with Crippen molar-refractivity contribution >= 4 is 22.6 Å². The molecule has 1 fully saturated rings. The summed E-state index contributed by atoms with van der Waals surface area (Å²) in [6, 6.07) is 6.37. The summed E-state index contributed by atoms with van der Waals surface area (Å²) in [5.41, 5.74) is 1.87. The van der Waals surface area contributed by atoms with Crippen LogP contribution in [0.3, 0.4) is 0 Å². The van der Waals surface area contributed by atoms with Crippen LogP contribution in [0.5, 0.6) is 0 Å². The van der Waals surface area contributed by atoms with Crippen molar-refractivity contribution < 1.29 is 22.4 Å². The quantitative estimate of drug-likeness (QED) is 0.374. The van der Waals surface area contributed by atoms with Gasteiger partial charge in [0.25, 0.3) is 0 Å². The minimum absolute atomic E-state index is 0.0781. The molecule has 0 aliphatic carbocycles. The van der Waals surface area contributed by atoms with Crippen molar-refractivity contribution in [2.75, 3.05) is 4.90 Å². The number of carbonyl (C=O) groups excluding carboxylic acids is 1. The van der Waals surface area contributed by atoms with Crippen molar-refractivity contribution in [3.63, 3.8) is 0 Å². The smallest absolute Gasteiger partial charge is 0.333 e. The number of amides is 1. The van der Waals surface area contributed by atoms with E-state index in [9.17, 15) is 13.6 Å². The van der Waals surface area contributed by atoms with E-state index in [4.69, 9.17) is 0 Å². The van der Waals surface area contributed by atoms with E-state index in [2.05, 4.69) is 15.1 Å². The van der Waals surface area contributed by atoms with Crippen molar-refractivity contribution in [1.82, 2.24) is 19.7 Å². The average Bonchev–Trinajstić information content (AvgIpc) is 3.41. The molecule has 6 nitrogen and oxygen atoms in total. The van der Waals surface area contributed by atoms with E-state index in [1.165, 1.54) is 11.2 Å². The molecule has 0 unspecified atom stereocenters. The van der Waals surface area contributed by atoms with Crippen LogP contribution in [0.15, 0.2) is 49.1 Å². The van der Waals surface area contributed by atoms with Gasteiger partial charge in [0, 0.05) is 23.0 Å². The molecule has 158 valence electrons. The summed E-state index contributed by atoms with van der Waals surface area (Å²) in [6.07, 6.45) is 3.64. The van der Waals surface area contributed by atoms with Gasteiger partial charge < -0.3 is 9.88 Å². The van der Waals surface area contributed by atoms with E-state index < -0.39 is 30.1 Å². The molecule has 31 heavy (non-hydrogen) atoms. The number of imidazole rings is 1. The van der Waals surface area contributed by atoms with Crippen molar-refractivity contribution in [3.8, 4) is 11.1 Å². The third-order valence-corrected chi connectivity index (χ3v) is 5.57. The van der Waals surface area contributed by atoms with Gasteiger partial charge in [0.2, 0.25) is 5.91 Å². The number of hydrogen-bond donors (Lipinski definition) is 1. The Kier molecular flexibility index (Phi) is 4.31. The number of nitrogens with one attached hydrogen (secondary N) is 1. The minimum atomic E-state index is -2.86. The van der Waals surface area contributed by atoms with E-state index in [0.717, 1.165) is 24.5 Å². The molecule has 2 aromatic carbocycles. The van der Waals surface area contributed by atoms with Gasteiger partial charge >= 0.3 is 6.55 Å². The molecule has 1 saturated heterocycles. The summed E-state index contributed by atoms with van der Waals surface area (Å²) in [4.78, 5) is 21.0. The zero-order chi connectivity index (χ0) is 21.9. The lowest BCUT2D eigenvalue weighted by molar-refractivity contribution is -0.129. The Labute approximate surface area is 173 Å². The lowest BCUT2D eigenvalue weighted by Gasteiger charge is -2.46. The summed E-state index contributed by atoms with van der Waals surface area (Å²) >= 11 is 0. The number of alkyl halides is 2. The van der Waals surface area contributed by atoms with Crippen molar-refractivity contribution in [2.24, 2.45) is 5.92 Å². The molecule has 5 rings (SSSR count). The van der Waals surface area contributed by atoms with Crippen LogP contribution in [0.1, 0.15) is 25.1 Å². The van der Waals surface area contributed by atoms with Crippen molar-refractivity contribution in [1.29, 1.82) is 0 Å².